The first-order valence-corrected chi connectivity index (χ1v) is 11.2. The Hall–Kier alpha value is -1.53. The molecule has 3 nitrogen and oxygen atoms in total. The van der Waals surface area contributed by atoms with E-state index in [-0.39, 0.29) is 0 Å². The lowest BCUT2D eigenvalue weighted by Gasteiger charge is -2.06. The second-order valence-corrected chi connectivity index (χ2v) is 8.95. The van der Waals surface area contributed by atoms with Gasteiger partial charge in [0.05, 0.1) is 9.90 Å². The molecule has 0 aliphatic rings. The van der Waals surface area contributed by atoms with Gasteiger partial charge in [0.1, 0.15) is 0 Å². The van der Waals surface area contributed by atoms with Crippen molar-refractivity contribution in [2.45, 2.75) is 25.0 Å². The van der Waals surface area contributed by atoms with Crippen LogP contribution in [0.1, 0.15) is 12.5 Å². The third kappa shape index (κ3) is 3.87. The summed E-state index contributed by atoms with van der Waals surface area (Å²) in [5.41, 5.74) is 1.33. The van der Waals surface area contributed by atoms with Crippen molar-refractivity contribution in [1.29, 1.82) is 0 Å². The van der Waals surface area contributed by atoms with Crippen LogP contribution in [-0.2, 0) is 13.0 Å². The zero-order chi connectivity index (χ0) is 18.8. The van der Waals surface area contributed by atoms with E-state index in [1.54, 1.807) is 23.1 Å². The molecule has 0 N–H and O–H groups in total. The van der Waals surface area contributed by atoms with Gasteiger partial charge >= 0.3 is 0 Å². The number of benzene rings is 2. The van der Waals surface area contributed by atoms with Crippen LogP contribution in [0.5, 0.6) is 0 Å². The average molecular weight is 434 g/mol. The molecule has 0 spiro atoms. The van der Waals surface area contributed by atoms with E-state index in [0.717, 1.165) is 49.7 Å². The van der Waals surface area contributed by atoms with Crippen molar-refractivity contribution >= 4 is 56.4 Å². The predicted octanol–water partition coefficient (Wildman–Crippen LogP) is 6.82. The Morgan fingerprint density at radius 2 is 1.89 bits per heavy atom. The second kappa shape index (κ2) is 8.23. The Bertz CT molecular complexity index is 1070. The van der Waals surface area contributed by atoms with E-state index in [9.17, 15) is 0 Å². The zero-order valence-electron chi connectivity index (χ0n) is 14.7. The summed E-state index contributed by atoms with van der Waals surface area (Å²) >= 11 is 16.1. The minimum Gasteiger partial charge on any atom is -0.302 e. The van der Waals surface area contributed by atoms with Crippen LogP contribution >= 0.6 is 46.3 Å². The van der Waals surface area contributed by atoms with E-state index < -0.39 is 0 Å². The molecule has 0 aliphatic carbocycles. The monoisotopic (exact) mass is 433 g/mol. The van der Waals surface area contributed by atoms with Crippen molar-refractivity contribution < 1.29 is 0 Å². The third-order valence-electron chi connectivity index (χ3n) is 4.29. The molecule has 0 aliphatic heterocycles. The lowest BCUT2D eigenvalue weighted by atomic mass is 10.2. The van der Waals surface area contributed by atoms with Crippen LogP contribution in [0.4, 0.5) is 0 Å². The third-order valence-corrected chi connectivity index (χ3v) is 7.15. The highest BCUT2D eigenvalue weighted by molar-refractivity contribution is 7.99. The van der Waals surface area contributed by atoms with Gasteiger partial charge in [-0.2, -0.15) is 0 Å². The van der Waals surface area contributed by atoms with Crippen LogP contribution in [0.2, 0.25) is 10.0 Å². The van der Waals surface area contributed by atoms with Gasteiger partial charge in [-0.3, -0.25) is 0 Å². The standard InChI is InChI=1S/C20H17Cl2N3S2/c1-2-25-19(18-17(22)15-9-8-14(21)12-16(15)27-18)23-24-20(25)26-11-10-13-6-4-3-5-7-13/h3-9,12H,2,10-11H2,1H3. The summed E-state index contributed by atoms with van der Waals surface area (Å²) in [4.78, 5) is 0.943. The molecular weight excluding hydrogens is 417 g/mol. The van der Waals surface area contributed by atoms with E-state index >= 15 is 0 Å². The molecule has 4 aromatic rings. The van der Waals surface area contributed by atoms with Gasteiger partial charge in [0.2, 0.25) is 0 Å². The number of hydrogen-bond donors (Lipinski definition) is 0. The van der Waals surface area contributed by atoms with Crippen LogP contribution in [0.3, 0.4) is 0 Å². The van der Waals surface area contributed by atoms with Gasteiger partial charge in [0.25, 0.3) is 0 Å². The van der Waals surface area contributed by atoms with E-state index in [4.69, 9.17) is 23.2 Å². The van der Waals surface area contributed by atoms with Crippen LogP contribution in [-0.4, -0.2) is 20.5 Å². The van der Waals surface area contributed by atoms with Crippen LogP contribution in [0.25, 0.3) is 20.8 Å². The molecule has 0 atom stereocenters. The first kappa shape index (κ1) is 18.8. The normalized spacial score (nSPS) is 11.4. The molecule has 2 aromatic carbocycles. The minimum atomic E-state index is 0.709. The van der Waals surface area contributed by atoms with Gasteiger partial charge in [0, 0.05) is 27.4 Å². The Labute approximate surface area is 176 Å². The van der Waals surface area contributed by atoms with E-state index in [1.165, 1.54) is 5.56 Å². The quantitative estimate of drug-likeness (QED) is 0.312. The maximum absolute atomic E-state index is 6.65. The molecule has 0 saturated heterocycles. The van der Waals surface area contributed by atoms with Crippen LogP contribution < -0.4 is 0 Å². The van der Waals surface area contributed by atoms with Gasteiger partial charge in [-0.05, 0) is 31.0 Å². The lowest BCUT2D eigenvalue weighted by molar-refractivity contribution is 0.688. The predicted molar refractivity (Wildman–Crippen MR) is 117 cm³/mol. The molecule has 0 bridgehead atoms. The summed E-state index contributed by atoms with van der Waals surface area (Å²) < 4.78 is 3.19. The van der Waals surface area contributed by atoms with Crippen molar-refractivity contribution in [1.82, 2.24) is 14.8 Å². The maximum atomic E-state index is 6.65. The Balaban J connectivity index is 1.60. The molecule has 0 amide bonds. The van der Waals surface area contributed by atoms with Gasteiger partial charge in [-0.25, -0.2) is 0 Å². The molecule has 27 heavy (non-hydrogen) atoms. The summed E-state index contributed by atoms with van der Waals surface area (Å²) in [6.07, 6.45) is 1.000. The van der Waals surface area contributed by atoms with Gasteiger partial charge in [0.15, 0.2) is 11.0 Å². The Morgan fingerprint density at radius 3 is 2.67 bits per heavy atom. The summed E-state index contributed by atoms with van der Waals surface area (Å²) in [6, 6.07) is 16.3. The lowest BCUT2D eigenvalue weighted by Crippen LogP contribution is -2.00. The number of fused-ring (bicyclic) bond motifs is 1. The molecule has 0 saturated carbocycles. The summed E-state index contributed by atoms with van der Waals surface area (Å²) in [7, 11) is 0. The first-order chi connectivity index (χ1) is 13.2. The number of thioether (sulfide) groups is 1. The van der Waals surface area contributed by atoms with Crippen LogP contribution in [0.15, 0.2) is 53.7 Å². The smallest absolute Gasteiger partial charge is 0.191 e. The maximum Gasteiger partial charge on any atom is 0.191 e. The van der Waals surface area contributed by atoms with Crippen molar-refractivity contribution in [2.75, 3.05) is 5.75 Å². The van der Waals surface area contributed by atoms with Crippen molar-refractivity contribution in [3.8, 4) is 10.7 Å². The molecule has 138 valence electrons. The first-order valence-electron chi connectivity index (χ1n) is 8.65. The largest absolute Gasteiger partial charge is 0.302 e. The number of nitrogens with zero attached hydrogens (tertiary/aromatic N) is 3. The van der Waals surface area contributed by atoms with Crippen LogP contribution in [0, 0.1) is 0 Å². The molecule has 7 heteroatoms. The Kier molecular flexibility index (Phi) is 5.74. The summed E-state index contributed by atoms with van der Waals surface area (Å²) in [5, 5.41) is 12.2. The number of halogens is 2. The highest BCUT2D eigenvalue weighted by Crippen LogP contribution is 2.42. The second-order valence-electron chi connectivity index (χ2n) is 6.02. The fraction of sp³-hybridized carbons (Fsp3) is 0.200. The number of hydrogen-bond acceptors (Lipinski definition) is 4. The van der Waals surface area contributed by atoms with Crippen molar-refractivity contribution in [3.05, 3.63) is 64.1 Å². The summed E-state index contributed by atoms with van der Waals surface area (Å²) in [6.45, 7) is 2.90. The Morgan fingerprint density at radius 1 is 1.07 bits per heavy atom. The number of aromatic nitrogens is 3. The highest BCUT2D eigenvalue weighted by atomic mass is 35.5. The minimum absolute atomic E-state index is 0.709. The molecule has 0 fully saturated rings. The van der Waals surface area contributed by atoms with E-state index in [2.05, 4.69) is 46.0 Å². The number of rotatable bonds is 6. The zero-order valence-corrected chi connectivity index (χ0v) is 17.8. The molecule has 0 radical (unpaired) electrons. The van der Waals surface area contributed by atoms with E-state index in [0.29, 0.717) is 5.02 Å². The fourth-order valence-corrected chi connectivity index (χ4v) is 5.71. The van der Waals surface area contributed by atoms with Crippen molar-refractivity contribution in [3.63, 3.8) is 0 Å². The molecule has 4 rings (SSSR count). The SMILES string of the molecule is CCn1c(SCCc2ccccc2)nnc1-c1sc2cc(Cl)ccc2c1Cl. The van der Waals surface area contributed by atoms with Gasteiger partial charge in [-0.15, -0.1) is 21.5 Å². The van der Waals surface area contributed by atoms with Gasteiger partial charge in [-0.1, -0.05) is 71.4 Å². The number of aryl methyl sites for hydroxylation is 1. The highest BCUT2D eigenvalue weighted by Gasteiger charge is 2.20. The van der Waals surface area contributed by atoms with Crippen molar-refractivity contribution in [2.24, 2.45) is 0 Å². The van der Waals surface area contributed by atoms with Gasteiger partial charge < -0.3 is 4.57 Å². The van der Waals surface area contributed by atoms with E-state index in [1.807, 2.05) is 24.3 Å². The molecule has 2 aromatic heterocycles. The molecule has 2 heterocycles. The molecule has 0 unspecified atom stereocenters. The fourth-order valence-electron chi connectivity index (χ4n) is 2.94. The topological polar surface area (TPSA) is 30.7 Å². The molecular formula is C20H17Cl2N3S2. The summed E-state index contributed by atoms with van der Waals surface area (Å²) in [5.74, 6) is 1.78. The average Bonchev–Trinajstić information content (AvgIpc) is 3.23. The number of thiophene rings is 1.